The molecule has 0 unspecified atom stereocenters. The first-order chi connectivity index (χ1) is 7.72. The number of hydrogen-bond acceptors (Lipinski definition) is 3. The molecule has 0 saturated heterocycles. The molecule has 0 aliphatic carbocycles. The van der Waals surface area contributed by atoms with Crippen LogP contribution in [0.5, 0.6) is 0 Å². The van der Waals surface area contributed by atoms with Crippen molar-refractivity contribution < 1.29 is 0 Å². The highest BCUT2D eigenvalue weighted by atomic mass is 127. The Morgan fingerprint density at radius 3 is 3.00 bits per heavy atom. The van der Waals surface area contributed by atoms with Gasteiger partial charge in [0.1, 0.15) is 0 Å². The van der Waals surface area contributed by atoms with Crippen LogP contribution < -0.4 is 5.73 Å². The largest absolute Gasteiger partial charge is 0.399 e. The number of H-pyrrole nitrogens is 1. The van der Waals surface area contributed by atoms with Crippen molar-refractivity contribution in [2.24, 2.45) is 0 Å². The lowest BCUT2D eigenvalue weighted by atomic mass is 10.3. The normalized spacial score (nSPS) is 11.1. The fourth-order valence-electron chi connectivity index (χ4n) is 1.54. The summed E-state index contributed by atoms with van der Waals surface area (Å²) in [4.78, 5) is 7.60. The fourth-order valence-corrected chi connectivity index (χ4v) is 1.93. The number of nitrogens with one attached hydrogen (secondary N) is 1. The Balaban J connectivity index is 2.18. The first-order valence-corrected chi connectivity index (χ1v) is 5.76. The van der Waals surface area contributed by atoms with Crippen molar-refractivity contribution in [3.8, 4) is 5.95 Å². The number of nitrogens with zero attached hydrogens (tertiary/aromatic N) is 3. The first-order valence-electron chi connectivity index (χ1n) is 4.68. The van der Waals surface area contributed by atoms with Gasteiger partial charge >= 0.3 is 0 Å². The highest BCUT2D eigenvalue weighted by Crippen LogP contribution is 2.16. The number of fused-ring (bicyclic) bond motifs is 1. The number of imidazole rings is 1. The molecule has 6 heteroatoms. The van der Waals surface area contributed by atoms with Crippen LogP contribution in [-0.2, 0) is 0 Å². The van der Waals surface area contributed by atoms with Crippen LogP contribution in [0.2, 0.25) is 0 Å². The molecule has 80 valence electrons. The molecule has 3 rings (SSSR count). The summed E-state index contributed by atoms with van der Waals surface area (Å²) < 4.78 is 2.77. The van der Waals surface area contributed by atoms with Gasteiger partial charge < -0.3 is 10.7 Å². The molecular weight excluding hydrogens is 317 g/mol. The second-order valence-corrected chi connectivity index (χ2v) is 4.69. The minimum Gasteiger partial charge on any atom is -0.399 e. The lowest BCUT2D eigenvalue weighted by Crippen LogP contribution is -1.95. The topological polar surface area (TPSA) is 72.5 Å². The number of aromatic amines is 1. The number of benzene rings is 1. The fraction of sp³-hybridized carbons (Fsp3) is 0. The van der Waals surface area contributed by atoms with E-state index < -0.39 is 0 Å². The summed E-state index contributed by atoms with van der Waals surface area (Å²) in [6.45, 7) is 0. The van der Waals surface area contributed by atoms with Gasteiger partial charge in [0.2, 0.25) is 5.95 Å². The first kappa shape index (κ1) is 9.64. The zero-order chi connectivity index (χ0) is 11.1. The van der Waals surface area contributed by atoms with Crippen molar-refractivity contribution in [3.05, 3.63) is 34.2 Å². The van der Waals surface area contributed by atoms with Crippen molar-refractivity contribution >= 4 is 39.3 Å². The minimum absolute atomic E-state index is 0.698. The van der Waals surface area contributed by atoms with Crippen LogP contribution in [-0.4, -0.2) is 19.7 Å². The lowest BCUT2D eigenvalue weighted by Gasteiger charge is -1.92. The molecule has 0 aliphatic heterocycles. The molecule has 0 spiro atoms. The maximum atomic E-state index is 5.70. The molecule has 1 aromatic carbocycles. The average molecular weight is 325 g/mol. The van der Waals surface area contributed by atoms with Gasteiger partial charge in [-0.2, -0.15) is 5.10 Å². The van der Waals surface area contributed by atoms with Crippen molar-refractivity contribution in [2.45, 2.75) is 0 Å². The summed E-state index contributed by atoms with van der Waals surface area (Å²) in [6.07, 6.45) is 3.68. The second kappa shape index (κ2) is 3.48. The predicted octanol–water partition coefficient (Wildman–Crippen LogP) is 1.94. The SMILES string of the molecule is Nc1ccc2nc(-n3cc(I)cn3)[nH]c2c1. The van der Waals surface area contributed by atoms with Gasteiger partial charge in [0.15, 0.2) is 0 Å². The quantitative estimate of drug-likeness (QED) is 0.530. The highest BCUT2D eigenvalue weighted by Gasteiger charge is 2.05. The molecule has 0 fully saturated rings. The van der Waals surface area contributed by atoms with Crippen LogP contribution >= 0.6 is 22.6 Å². The van der Waals surface area contributed by atoms with Gasteiger partial charge in [0.05, 0.1) is 20.8 Å². The number of anilines is 1. The Labute approximate surface area is 105 Å². The summed E-state index contributed by atoms with van der Waals surface area (Å²) >= 11 is 2.21. The maximum absolute atomic E-state index is 5.70. The van der Waals surface area contributed by atoms with E-state index in [1.807, 2.05) is 24.4 Å². The van der Waals surface area contributed by atoms with E-state index in [4.69, 9.17) is 5.73 Å². The molecule has 5 nitrogen and oxygen atoms in total. The Bertz CT molecular complexity index is 654. The van der Waals surface area contributed by atoms with Crippen LogP contribution in [0.3, 0.4) is 0 Å². The molecule has 3 aromatic rings. The van der Waals surface area contributed by atoms with Crippen LogP contribution in [0, 0.1) is 3.57 Å². The molecule has 0 amide bonds. The number of aromatic nitrogens is 4. The van der Waals surface area contributed by atoms with Gasteiger partial charge in [0.25, 0.3) is 0 Å². The molecule has 0 atom stereocenters. The van der Waals surface area contributed by atoms with Crippen molar-refractivity contribution in [3.63, 3.8) is 0 Å². The number of rotatable bonds is 1. The van der Waals surface area contributed by atoms with E-state index >= 15 is 0 Å². The highest BCUT2D eigenvalue weighted by molar-refractivity contribution is 14.1. The summed E-state index contributed by atoms with van der Waals surface area (Å²) in [5.74, 6) is 0.698. The van der Waals surface area contributed by atoms with E-state index in [2.05, 4.69) is 37.7 Å². The van der Waals surface area contributed by atoms with E-state index in [9.17, 15) is 0 Å². The number of halogens is 1. The number of hydrogen-bond donors (Lipinski definition) is 2. The van der Waals surface area contributed by atoms with Gasteiger partial charge in [-0.05, 0) is 40.8 Å². The third-order valence-electron chi connectivity index (χ3n) is 2.26. The zero-order valence-corrected chi connectivity index (χ0v) is 10.3. The Morgan fingerprint density at radius 1 is 1.38 bits per heavy atom. The molecule has 2 aromatic heterocycles. The van der Waals surface area contributed by atoms with E-state index in [1.54, 1.807) is 10.9 Å². The van der Waals surface area contributed by atoms with Gasteiger partial charge in [-0.15, -0.1) is 0 Å². The lowest BCUT2D eigenvalue weighted by molar-refractivity contribution is 0.829. The van der Waals surface area contributed by atoms with E-state index in [-0.39, 0.29) is 0 Å². The molecule has 3 N–H and O–H groups in total. The van der Waals surface area contributed by atoms with Crippen molar-refractivity contribution in [1.82, 2.24) is 19.7 Å². The van der Waals surface area contributed by atoms with Crippen LogP contribution in [0.4, 0.5) is 5.69 Å². The van der Waals surface area contributed by atoms with E-state index in [1.165, 1.54) is 0 Å². The Morgan fingerprint density at radius 2 is 2.25 bits per heavy atom. The molecule has 0 bridgehead atoms. The molecular formula is C10H8IN5. The van der Waals surface area contributed by atoms with Crippen molar-refractivity contribution in [2.75, 3.05) is 5.73 Å². The molecule has 0 saturated carbocycles. The Hall–Kier alpha value is -1.57. The maximum Gasteiger partial charge on any atom is 0.229 e. The van der Waals surface area contributed by atoms with Crippen LogP contribution in [0.15, 0.2) is 30.6 Å². The Kier molecular flexibility index (Phi) is 2.10. The molecule has 0 radical (unpaired) electrons. The van der Waals surface area contributed by atoms with Crippen LogP contribution in [0.25, 0.3) is 17.0 Å². The summed E-state index contributed by atoms with van der Waals surface area (Å²) in [6, 6.07) is 5.58. The summed E-state index contributed by atoms with van der Waals surface area (Å²) in [7, 11) is 0. The standard InChI is InChI=1S/C10H8IN5/c11-6-4-13-16(5-6)10-14-8-2-1-7(12)3-9(8)15-10/h1-5H,12H2,(H,14,15). The average Bonchev–Trinajstić information content (AvgIpc) is 2.83. The number of nitrogen functional groups attached to an aromatic ring is 1. The third kappa shape index (κ3) is 1.54. The van der Waals surface area contributed by atoms with Crippen molar-refractivity contribution in [1.29, 1.82) is 0 Å². The second-order valence-electron chi connectivity index (χ2n) is 3.44. The molecule has 2 heterocycles. The summed E-state index contributed by atoms with van der Waals surface area (Å²) in [5.41, 5.74) is 8.23. The van der Waals surface area contributed by atoms with Crippen LogP contribution in [0.1, 0.15) is 0 Å². The molecule has 16 heavy (non-hydrogen) atoms. The van der Waals surface area contributed by atoms with Gasteiger partial charge in [-0.1, -0.05) is 0 Å². The smallest absolute Gasteiger partial charge is 0.229 e. The van der Waals surface area contributed by atoms with Gasteiger partial charge in [-0.25, -0.2) is 9.67 Å². The monoisotopic (exact) mass is 325 g/mol. The minimum atomic E-state index is 0.698. The van der Waals surface area contributed by atoms with E-state index in [0.717, 1.165) is 20.3 Å². The third-order valence-corrected chi connectivity index (χ3v) is 2.82. The summed E-state index contributed by atoms with van der Waals surface area (Å²) in [5, 5.41) is 4.19. The van der Waals surface area contributed by atoms with Gasteiger partial charge in [-0.3, -0.25) is 0 Å². The zero-order valence-electron chi connectivity index (χ0n) is 8.18. The van der Waals surface area contributed by atoms with E-state index in [0.29, 0.717) is 5.95 Å². The number of nitrogens with two attached hydrogens (primary N) is 1. The molecule has 0 aliphatic rings. The van der Waals surface area contributed by atoms with Gasteiger partial charge in [0, 0.05) is 11.9 Å². The predicted molar refractivity (Wildman–Crippen MR) is 70.3 cm³/mol.